The van der Waals surface area contributed by atoms with Crippen LogP contribution in [0.15, 0.2) is 29.4 Å². The maximum atomic E-state index is 11.8. The number of ether oxygens (including phenoxy) is 1. The van der Waals surface area contributed by atoms with Gasteiger partial charge in [0.15, 0.2) is 6.61 Å². The van der Waals surface area contributed by atoms with E-state index in [4.69, 9.17) is 16.3 Å². The summed E-state index contributed by atoms with van der Waals surface area (Å²) < 4.78 is 7.18. The molecule has 7 heteroatoms. The number of nitrogens with one attached hydrogen (secondary N) is 1. The van der Waals surface area contributed by atoms with Crippen molar-refractivity contribution in [3.63, 3.8) is 0 Å². The summed E-state index contributed by atoms with van der Waals surface area (Å²) in [6.07, 6.45) is 2.47. The number of hydrogen-bond donors (Lipinski definition) is 1. The quantitative estimate of drug-likeness (QED) is 0.565. The van der Waals surface area contributed by atoms with Crippen molar-refractivity contribution in [2.45, 2.75) is 40.7 Å². The fourth-order valence-electron chi connectivity index (χ4n) is 2.35. The molecule has 0 aliphatic rings. The summed E-state index contributed by atoms with van der Waals surface area (Å²) in [5.41, 5.74) is 5.12. The normalized spacial score (nSPS) is 11.3. The highest BCUT2D eigenvalue weighted by molar-refractivity contribution is 6.32. The number of carbonyl (C=O) groups is 1. The van der Waals surface area contributed by atoms with E-state index in [1.807, 2.05) is 31.2 Å². The second kappa shape index (κ2) is 9.38. The largest absolute Gasteiger partial charge is 0.484 e. The van der Waals surface area contributed by atoms with Gasteiger partial charge >= 0.3 is 0 Å². The van der Waals surface area contributed by atoms with Crippen molar-refractivity contribution < 1.29 is 9.53 Å². The third kappa shape index (κ3) is 5.59. The molecular weight excluding hydrogens is 352 g/mol. The summed E-state index contributed by atoms with van der Waals surface area (Å²) in [4.78, 5) is 11.8. The molecule has 6 nitrogen and oxygen atoms in total. The molecule has 1 amide bonds. The first-order valence-corrected chi connectivity index (χ1v) is 9.05. The van der Waals surface area contributed by atoms with Gasteiger partial charge in [-0.1, -0.05) is 44.5 Å². The fourth-order valence-corrected chi connectivity index (χ4v) is 2.64. The minimum Gasteiger partial charge on any atom is -0.484 e. The van der Waals surface area contributed by atoms with Crippen LogP contribution < -0.4 is 10.2 Å². The lowest BCUT2D eigenvalue weighted by Crippen LogP contribution is -2.24. The number of halogens is 1. The Morgan fingerprint density at radius 3 is 2.69 bits per heavy atom. The number of aromatic nitrogens is 2. The molecule has 0 aliphatic carbocycles. The Kier molecular flexibility index (Phi) is 7.21. The van der Waals surface area contributed by atoms with E-state index in [-0.39, 0.29) is 12.5 Å². The molecule has 140 valence electrons. The van der Waals surface area contributed by atoms with E-state index >= 15 is 0 Å². The molecule has 1 aromatic heterocycles. The van der Waals surface area contributed by atoms with E-state index in [1.54, 1.807) is 4.68 Å². The van der Waals surface area contributed by atoms with Crippen molar-refractivity contribution in [2.24, 2.45) is 11.0 Å². The Morgan fingerprint density at radius 2 is 2.08 bits per heavy atom. The molecule has 0 atom stereocenters. The van der Waals surface area contributed by atoms with Gasteiger partial charge in [0, 0.05) is 6.54 Å². The van der Waals surface area contributed by atoms with E-state index in [0.717, 1.165) is 18.7 Å². The predicted molar refractivity (Wildman–Crippen MR) is 104 cm³/mol. The highest BCUT2D eigenvalue weighted by atomic mass is 35.5. The molecule has 1 N–H and O–H groups in total. The zero-order valence-electron chi connectivity index (χ0n) is 15.6. The molecule has 0 fully saturated rings. The number of nitrogens with zero attached hydrogens (tertiary/aromatic N) is 3. The van der Waals surface area contributed by atoms with Crippen LogP contribution >= 0.6 is 11.6 Å². The third-order valence-corrected chi connectivity index (χ3v) is 4.13. The van der Waals surface area contributed by atoms with Crippen LogP contribution in [0, 0.1) is 12.8 Å². The van der Waals surface area contributed by atoms with Gasteiger partial charge in [-0.2, -0.15) is 10.2 Å². The first kappa shape index (κ1) is 20.0. The number of amides is 1. The molecule has 2 aromatic rings. The molecule has 26 heavy (non-hydrogen) atoms. The van der Waals surface area contributed by atoms with E-state index in [2.05, 4.69) is 36.4 Å². The van der Waals surface area contributed by atoms with E-state index in [9.17, 15) is 4.79 Å². The van der Waals surface area contributed by atoms with Crippen LogP contribution in [-0.2, 0) is 17.8 Å². The summed E-state index contributed by atoms with van der Waals surface area (Å²) >= 11 is 6.33. The Morgan fingerprint density at radius 1 is 1.38 bits per heavy atom. The van der Waals surface area contributed by atoms with Crippen LogP contribution in [-0.4, -0.2) is 28.5 Å². The van der Waals surface area contributed by atoms with Gasteiger partial charge in [0.1, 0.15) is 10.9 Å². The lowest BCUT2D eigenvalue weighted by molar-refractivity contribution is -0.123. The molecule has 0 spiro atoms. The highest BCUT2D eigenvalue weighted by Gasteiger charge is 2.12. The number of hydrazone groups is 1. The van der Waals surface area contributed by atoms with Crippen molar-refractivity contribution in [2.75, 3.05) is 6.61 Å². The maximum absolute atomic E-state index is 11.8. The standard InChI is InChI=1S/C19H25ClN4O2/c1-5-15-6-8-16(9-7-15)26-12-18(25)22-21-10-17-14(4)23-24(19(17)20)11-13(2)3/h6-10,13H,5,11-12H2,1-4H3,(H,22,25)/b21-10-. The molecule has 0 bridgehead atoms. The lowest BCUT2D eigenvalue weighted by Gasteiger charge is -2.06. The van der Waals surface area contributed by atoms with Crippen LogP contribution in [0.3, 0.4) is 0 Å². The zero-order chi connectivity index (χ0) is 19.1. The summed E-state index contributed by atoms with van der Waals surface area (Å²) in [6, 6.07) is 7.65. The van der Waals surface area contributed by atoms with Crippen LogP contribution in [0.4, 0.5) is 0 Å². The van der Waals surface area contributed by atoms with Crippen molar-refractivity contribution >= 4 is 23.7 Å². The van der Waals surface area contributed by atoms with Crippen LogP contribution in [0.25, 0.3) is 0 Å². The molecule has 2 rings (SSSR count). The maximum Gasteiger partial charge on any atom is 0.277 e. The Hall–Kier alpha value is -2.34. The molecule has 0 radical (unpaired) electrons. The molecule has 0 saturated heterocycles. The van der Waals surface area contributed by atoms with Crippen molar-refractivity contribution in [3.8, 4) is 5.75 Å². The minimum absolute atomic E-state index is 0.109. The summed E-state index contributed by atoms with van der Waals surface area (Å²) in [7, 11) is 0. The van der Waals surface area contributed by atoms with Crippen molar-refractivity contribution in [1.29, 1.82) is 0 Å². The topological polar surface area (TPSA) is 68.5 Å². The van der Waals surface area contributed by atoms with Crippen molar-refractivity contribution in [3.05, 3.63) is 46.2 Å². The third-order valence-electron chi connectivity index (χ3n) is 3.73. The van der Waals surface area contributed by atoms with Gasteiger partial charge in [-0.3, -0.25) is 9.48 Å². The van der Waals surface area contributed by atoms with Gasteiger partial charge in [0.25, 0.3) is 5.91 Å². The van der Waals surface area contributed by atoms with E-state index in [0.29, 0.717) is 22.4 Å². The van der Waals surface area contributed by atoms with Crippen molar-refractivity contribution in [1.82, 2.24) is 15.2 Å². The number of aryl methyl sites for hydroxylation is 2. The second-order valence-electron chi connectivity index (χ2n) is 6.45. The summed E-state index contributed by atoms with van der Waals surface area (Å²) in [6.45, 7) is 8.75. The monoisotopic (exact) mass is 376 g/mol. The first-order valence-electron chi connectivity index (χ1n) is 8.67. The minimum atomic E-state index is -0.343. The summed E-state index contributed by atoms with van der Waals surface area (Å²) in [5, 5.41) is 8.86. The molecule has 1 aromatic carbocycles. The van der Waals surface area contributed by atoms with E-state index in [1.165, 1.54) is 11.8 Å². The predicted octanol–water partition coefficient (Wildman–Crippen LogP) is 3.59. The number of hydrogen-bond acceptors (Lipinski definition) is 4. The number of carbonyl (C=O) groups excluding carboxylic acids is 1. The second-order valence-corrected chi connectivity index (χ2v) is 6.80. The average molecular weight is 377 g/mol. The first-order chi connectivity index (χ1) is 12.4. The highest BCUT2D eigenvalue weighted by Crippen LogP contribution is 2.19. The fraction of sp³-hybridized carbons (Fsp3) is 0.421. The van der Waals surface area contributed by atoms with Gasteiger partial charge in [0.2, 0.25) is 0 Å². The molecule has 0 saturated carbocycles. The van der Waals surface area contributed by atoms with Gasteiger partial charge in [0.05, 0.1) is 17.5 Å². The smallest absolute Gasteiger partial charge is 0.277 e. The van der Waals surface area contributed by atoms with Gasteiger partial charge < -0.3 is 4.74 Å². The molecule has 1 heterocycles. The molecular formula is C19H25ClN4O2. The zero-order valence-corrected chi connectivity index (χ0v) is 16.4. The van der Waals surface area contributed by atoms with Crippen LogP contribution in [0.1, 0.15) is 37.6 Å². The average Bonchev–Trinajstić information content (AvgIpc) is 2.87. The summed E-state index contributed by atoms with van der Waals surface area (Å²) in [5.74, 6) is 0.735. The van der Waals surface area contributed by atoms with Crippen LogP contribution in [0.5, 0.6) is 5.75 Å². The Labute approximate surface area is 159 Å². The lowest BCUT2D eigenvalue weighted by atomic mass is 10.2. The number of benzene rings is 1. The molecule has 0 unspecified atom stereocenters. The Bertz CT molecular complexity index is 767. The van der Waals surface area contributed by atoms with E-state index < -0.39 is 0 Å². The Balaban J connectivity index is 1.87. The van der Waals surface area contributed by atoms with Gasteiger partial charge in [-0.05, 0) is 37.0 Å². The molecule has 0 aliphatic heterocycles. The van der Waals surface area contributed by atoms with Crippen LogP contribution in [0.2, 0.25) is 5.15 Å². The van der Waals surface area contributed by atoms with Gasteiger partial charge in [-0.15, -0.1) is 0 Å². The SMILES string of the molecule is CCc1ccc(OCC(=O)N/N=C\c2c(C)nn(CC(C)C)c2Cl)cc1. The number of rotatable bonds is 8. The van der Waals surface area contributed by atoms with Gasteiger partial charge in [-0.25, -0.2) is 5.43 Å².